The topological polar surface area (TPSA) is 83.7 Å². The minimum Gasteiger partial charge on any atom is -0.326 e. The van der Waals surface area contributed by atoms with Crippen LogP contribution in [0.1, 0.15) is 80.6 Å². The summed E-state index contributed by atoms with van der Waals surface area (Å²) in [6.45, 7) is 17.5. The van der Waals surface area contributed by atoms with E-state index in [0.29, 0.717) is 39.4 Å². The van der Waals surface area contributed by atoms with Gasteiger partial charge in [0, 0.05) is 23.5 Å². The Labute approximate surface area is 308 Å². The second-order valence-corrected chi connectivity index (χ2v) is 17.0. The van der Waals surface area contributed by atoms with E-state index in [1.165, 1.54) is 61.4 Å². The fraction of sp³-hybridized carbons (Fsp3) is 0.538. The van der Waals surface area contributed by atoms with Crippen LogP contribution in [0, 0.1) is 43.2 Å². The largest absolute Gasteiger partial charge is 0.373 e. The molecule has 0 aliphatic carbocycles. The van der Waals surface area contributed by atoms with Gasteiger partial charge in [0.15, 0.2) is 5.78 Å². The molecule has 6 nitrogen and oxygen atoms in total. The third kappa shape index (κ3) is 8.07. The van der Waals surface area contributed by atoms with Gasteiger partial charge in [0.2, 0.25) is 0 Å². The van der Waals surface area contributed by atoms with Gasteiger partial charge >= 0.3 is 6.15 Å². The van der Waals surface area contributed by atoms with Crippen LogP contribution in [0.3, 0.4) is 0 Å². The number of fused-ring (bicyclic) bond motifs is 8. The molecule has 6 aliphatic heterocycles. The Morgan fingerprint density at radius 1 is 0.820 bits per heavy atom. The second kappa shape index (κ2) is 16.4. The van der Waals surface area contributed by atoms with Crippen LogP contribution in [-0.4, -0.2) is 65.0 Å². The number of hydrogen-bond donors (Lipinski definition) is 1. The molecular formula is C39H50ClF2N3O3S2. The number of thiophene rings is 2. The van der Waals surface area contributed by atoms with E-state index >= 15 is 0 Å². The van der Waals surface area contributed by atoms with Crippen molar-refractivity contribution in [2.45, 2.75) is 90.8 Å². The zero-order valence-electron chi connectivity index (χ0n) is 29.9. The van der Waals surface area contributed by atoms with Crippen molar-refractivity contribution in [3.8, 4) is 0 Å². The highest BCUT2D eigenvalue weighted by atomic mass is 35.5. The van der Waals surface area contributed by atoms with Gasteiger partial charge in [-0.2, -0.15) is 9.59 Å². The normalized spacial score (nSPS) is 26.7. The van der Waals surface area contributed by atoms with E-state index in [2.05, 4.69) is 37.5 Å². The van der Waals surface area contributed by atoms with Gasteiger partial charge in [-0.25, -0.2) is 8.78 Å². The molecule has 0 saturated carbocycles. The van der Waals surface area contributed by atoms with Gasteiger partial charge in [-0.15, -0.1) is 35.1 Å². The Bertz CT molecular complexity index is 1810. The molecule has 0 spiro atoms. The van der Waals surface area contributed by atoms with Crippen LogP contribution in [0.15, 0.2) is 41.8 Å². The molecule has 0 unspecified atom stereocenters. The van der Waals surface area contributed by atoms with Crippen LogP contribution in [0.5, 0.6) is 0 Å². The molecule has 272 valence electrons. The summed E-state index contributed by atoms with van der Waals surface area (Å²) < 4.78 is 28.9. The van der Waals surface area contributed by atoms with E-state index in [4.69, 9.17) is 15.3 Å². The number of rotatable bonds is 3. The number of carbonyl (C=O) groups is 1. The SMILES string of the molecule is CC1(C)[C@H](N)C2CCN1CC2.Cc1ccc2cc(C(=O)C[C@@H]3C4CCN(CC4)C3(C)C)sc2c1F.Cc1ccc2ccsc2c1F.Cl.O=C=O. The predicted molar refractivity (Wildman–Crippen MR) is 202 cm³/mol. The molecular weight excluding hydrogens is 696 g/mol. The highest BCUT2D eigenvalue weighted by Gasteiger charge is 2.48. The monoisotopic (exact) mass is 745 g/mol. The molecule has 2 atom stereocenters. The standard InChI is InChI=1S/C20H24FNOS.C9H7FS.C9H18N2.CO2.ClH/c1-12-4-5-14-10-17(24-19(14)18(12)21)16(23)11-15-13-6-8-22(9-7-13)20(15,2)3;1-6-2-3-7-4-5-11-9(7)8(6)10;1-9(2)8(10)7-3-5-11(9)6-4-7;2-1-3;/h4-5,10,13,15H,6-9,11H2,1-3H3;2-5H,1H3;7-8H,3-6,10H2,1-2H3;;1H/t15-;;8-;;/m1.1../s1. The first-order chi connectivity index (χ1) is 23.2. The second-order valence-electron chi connectivity index (χ2n) is 15.1. The lowest BCUT2D eigenvalue weighted by molar-refractivity contribution is -0.191. The first-order valence-electron chi connectivity index (χ1n) is 17.3. The number of aryl methyl sites for hydroxylation is 2. The zero-order valence-corrected chi connectivity index (χ0v) is 32.3. The Hall–Kier alpha value is -2.56. The summed E-state index contributed by atoms with van der Waals surface area (Å²) in [6, 6.07) is 11.7. The molecule has 0 amide bonds. The molecule has 2 N–H and O–H groups in total. The number of ketones is 1. The van der Waals surface area contributed by atoms with Crippen LogP contribution in [0.2, 0.25) is 0 Å². The molecule has 8 heterocycles. The van der Waals surface area contributed by atoms with Crippen molar-refractivity contribution < 1.29 is 23.2 Å². The van der Waals surface area contributed by atoms with E-state index in [1.54, 1.807) is 19.9 Å². The van der Waals surface area contributed by atoms with Crippen LogP contribution < -0.4 is 5.73 Å². The average molecular weight is 746 g/mol. The highest BCUT2D eigenvalue weighted by Crippen LogP contribution is 2.46. The van der Waals surface area contributed by atoms with Crippen molar-refractivity contribution in [1.29, 1.82) is 0 Å². The maximum Gasteiger partial charge on any atom is 0.373 e. The minimum atomic E-state index is -0.181. The molecule has 10 rings (SSSR count). The summed E-state index contributed by atoms with van der Waals surface area (Å²) in [5, 5.41) is 3.76. The fourth-order valence-corrected chi connectivity index (χ4v) is 10.4. The van der Waals surface area contributed by atoms with Crippen molar-refractivity contribution in [2.75, 3.05) is 26.2 Å². The zero-order chi connectivity index (χ0) is 35.7. The Morgan fingerprint density at radius 2 is 1.32 bits per heavy atom. The predicted octanol–water partition coefficient (Wildman–Crippen LogP) is 9.05. The van der Waals surface area contributed by atoms with Crippen LogP contribution in [0.25, 0.3) is 20.2 Å². The molecule has 2 aromatic heterocycles. The highest BCUT2D eigenvalue weighted by molar-refractivity contribution is 7.20. The summed E-state index contributed by atoms with van der Waals surface area (Å²) in [6.07, 6.45) is 5.90. The third-order valence-electron chi connectivity index (χ3n) is 11.8. The molecule has 6 aliphatic rings. The summed E-state index contributed by atoms with van der Waals surface area (Å²) >= 11 is 2.77. The summed E-state index contributed by atoms with van der Waals surface area (Å²) in [5.41, 5.74) is 7.88. The molecule has 50 heavy (non-hydrogen) atoms. The van der Waals surface area contributed by atoms with Crippen molar-refractivity contribution in [3.63, 3.8) is 0 Å². The lowest BCUT2D eigenvalue weighted by Crippen LogP contribution is -2.67. The van der Waals surface area contributed by atoms with Gasteiger partial charge in [0.05, 0.1) is 14.3 Å². The van der Waals surface area contributed by atoms with E-state index in [-0.39, 0.29) is 47.1 Å². The Kier molecular flexibility index (Phi) is 13.2. The van der Waals surface area contributed by atoms with Crippen LogP contribution >= 0.6 is 35.1 Å². The van der Waals surface area contributed by atoms with Crippen LogP contribution in [-0.2, 0) is 9.59 Å². The van der Waals surface area contributed by atoms with Gasteiger partial charge in [0.1, 0.15) is 11.6 Å². The summed E-state index contributed by atoms with van der Waals surface area (Å²) in [4.78, 5) is 35.0. The number of hydrogen-bond acceptors (Lipinski definition) is 8. The smallest absolute Gasteiger partial charge is 0.326 e. The lowest BCUT2D eigenvalue weighted by Gasteiger charge is -2.56. The van der Waals surface area contributed by atoms with Gasteiger partial charge < -0.3 is 5.73 Å². The maximum atomic E-state index is 14.3. The van der Waals surface area contributed by atoms with E-state index in [1.807, 2.05) is 35.7 Å². The molecule has 6 fully saturated rings. The number of carbonyl (C=O) groups excluding carboxylic acids is 3. The number of halogens is 3. The average Bonchev–Trinajstić information content (AvgIpc) is 3.75. The van der Waals surface area contributed by atoms with Crippen molar-refractivity contribution in [1.82, 2.24) is 9.80 Å². The number of nitrogens with zero attached hydrogens (tertiary/aromatic N) is 2. The van der Waals surface area contributed by atoms with Gasteiger partial charge in [-0.3, -0.25) is 14.6 Å². The van der Waals surface area contributed by atoms with E-state index < -0.39 is 0 Å². The summed E-state index contributed by atoms with van der Waals surface area (Å²) in [7, 11) is 0. The van der Waals surface area contributed by atoms with Gasteiger partial charge in [-0.05, 0) is 151 Å². The minimum absolute atomic E-state index is 0. The number of nitrogens with two attached hydrogens (primary N) is 1. The van der Waals surface area contributed by atoms with Crippen molar-refractivity contribution in [3.05, 3.63) is 69.4 Å². The lowest BCUT2D eigenvalue weighted by atomic mass is 9.65. The Morgan fingerprint density at radius 3 is 1.82 bits per heavy atom. The number of piperidine rings is 6. The van der Waals surface area contributed by atoms with Gasteiger partial charge in [0.25, 0.3) is 0 Å². The molecule has 2 aromatic carbocycles. The number of benzene rings is 2. The van der Waals surface area contributed by atoms with Crippen molar-refractivity contribution in [2.24, 2.45) is 23.5 Å². The molecule has 6 saturated heterocycles. The van der Waals surface area contributed by atoms with E-state index in [0.717, 1.165) is 40.0 Å². The first kappa shape index (κ1) is 40.2. The Balaban J connectivity index is 0.000000180. The quantitative estimate of drug-likeness (QED) is 0.211. The van der Waals surface area contributed by atoms with Crippen LogP contribution in [0.4, 0.5) is 8.78 Å². The molecule has 4 bridgehead atoms. The first-order valence-corrected chi connectivity index (χ1v) is 19.0. The summed E-state index contributed by atoms with van der Waals surface area (Å²) in [5.74, 6) is 1.79. The maximum absolute atomic E-state index is 14.3. The fourth-order valence-electron chi connectivity index (χ4n) is 8.43. The third-order valence-corrected chi connectivity index (χ3v) is 13.9. The van der Waals surface area contributed by atoms with Gasteiger partial charge in [-0.1, -0.05) is 24.3 Å². The molecule has 11 heteroatoms. The molecule has 4 aromatic rings. The van der Waals surface area contributed by atoms with E-state index in [9.17, 15) is 13.6 Å². The van der Waals surface area contributed by atoms with Crippen molar-refractivity contribution >= 4 is 67.2 Å². The molecule has 0 radical (unpaired) electrons. The number of Topliss-reactive ketones (excluding diaryl/α,β-unsaturated/α-hetero) is 1.